The Morgan fingerprint density at radius 1 is 1.14 bits per heavy atom. The van der Waals surface area contributed by atoms with E-state index in [-0.39, 0.29) is 16.8 Å². The minimum Gasteiger partial charge on any atom is -0.358 e. The molecule has 0 aliphatic carbocycles. The molecule has 1 aliphatic heterocycles. The van der Waals surface area contributed by atoms with E-state index < -0.39 is 20.8 Å². The number of fused-ring (bicyclic) bond motifs is 1. The zero-order chi connectivity index (χ0) is 20.6. The number of aromatic nitrogens is 3. The third kappa shape index (κ3) is 3.89. The summed E-state index contributed by atoms with van der Waals surface area (Å²) < 4.78 is 41.7. The maximum absolute atomic E-state index is 13.0. The van der Waals surface area contributed by atoms with E-state index in [9.17, 15) is 22.9 Å². The second-order valence-electron chi connectivity index (χ2n) is 6.67. The highest BCUT2D eigenvalue weighted by Crippen LogP contribution is 2.22. The van der Waals surface area contributed by atoms with Crippen LogP contribution in [0.1, 0.15) is 12.8 Å². The number of anilines is 1. The molecule has 10 nitrogen and oxygen atoms in total. The summed E-state index contributed by atoms with van der Waals surface area (Å²) in [5.74, 6) is -0.165. The summed E-state index contributed by atoms with van der Waals surface area (Å²) in [6.07, 6.45) is 2.22. The summed E-state index contributed by atoms with van der Waals surface area (Å²) in [5, 5.41) is 15.4. The van der Waals surface area contributed by atoms with E-state index in [2.05, 4.69) is 14.8 Å². The largest absolute Gasteiger partial charge is 0.368 e. The SMILES string of the molecule is O=[N+]([O-])c1cnc2ccc(N3CCC(NS(=O)(=O)c4ccc(F)cc4)CC3)nn12. The number of halogens is 1. The number of rotatable bonds is 5. The van der Waals surface area contributed by atoms with Crippen molar-refractivity contribution in [2.45, 2.75) is 23.8 Å². The lowest BCUT2D eigenvalue weighted by atomic mass is 10.1. The smallest absolute Gasteiger partial charge is 0.358 e. The lowest BCUT2D eigenvalue weighted by Crippen LogP contribution is -2.45. The van der Waals surface area contributed by atoms with Crippen LogP contribution in [0.4, 0.5) is 16.0 Å². The van der Waals surface area contributed by atoms with Gasteiger partial charge in [0.1, 0.15) is 12.0 Å². The normalized spacial score (nSPS) is 15.7. The van der Waals surface area contributed by atoms with Crippen LogP contribution in [0, 0.1) is 15.9 Å². The van der Waals surface area contributed by atoms with Gasteiger partial charge in [0.25, 0.3) is 0 Å². The third-order valence-corrected chi connectivity index (χ3v) is 6.32. The van der Waals surface area contributed by atoms with Crippen LogP contribution in [0.2, 0.25) is 0 Å². The molecule has 12 heteroatoms. The highest BCUT2D eigenvalue weighted by molar-refractivity contribution is 7.89. The number of nitrogens with one attached hydrogen (secondary N) is 1. The van der Waals surface area contributed by atoms with Crippen molar-refractivity contribution in [1.29, 1.82) is 0 Å². The van der Waals surface area contributed by atoms with E-state index in [1.165, 1.54) is 16.6 Å². The molecular formula is C17H17FN6O4S. The van der Waals surface area contributed by atoms with E-state index in [4.69, 9.17) is 0 Å². The molecule has 1 fully saturated rings. The fourth-order valence-electron chi connectivity index (χ4n) is 3.27. The lowest BCUT2D eigenvalue weighted by Gasteiger charge is -2.32. The number of hydrogen-bond donors (Lipinski definition) is 1. The number of sulfonamides is 1. The molecule has 4 rings (SSSR count). The summed E-state index contributed by atoms with van der Waals surface area (Å²) in [6, 6.07) is 7.78. The van der Waals surface area contributed by atoms with Gasteiger partial charge in [0, 0.05) is 25.2 Å². The first-order valence-corrected chi connectivity index (χ1v) is 10.3. The zero-order valence-electron chi connectivity index (χ0n) is 15.1. The van der Waals surface area contributed by atoms with Gasteiger partial charge < -0.3 is 15.0 Å². The Labute approximate surface area is 165 Å². The van der Waals surface area contributed by atoms with Gasteiger partial charge in [-0.1, -0.05) is 9.61 Å². The molecule has 0 radical (unpaired) electrons. The average molecular weight is 420 g/mol. The number of piperidine rings is 1. The Morgan fingerprint density at radius 3 is 2.48 bits per heavy atom. The molecule has 152 valence electrons. The summed E-state index contributed by atoms with van der Waals surface area (Å²) in [7, 11) is -3.73. The number of nitrogens with zero attached hydrogens (tertiary/aromatic N) is 5. The van der Waals surface area contributed by atoms with Crippen molar-refractivity contribution in [2.24, 2.45) is 0 Å². The van der Waals surface area contributed by atoms with Crippen LogP contribution in [-0.2, 0) is 10.0 Å². The van der Waals surface area contributed by atoms with Gasteiger partial charge in [0.15, 0.2) is 5.82 Å². The Morgan fingerprint density at radius 2 is 1.83 bits per heavy atom. The second kappa shape index (κ2) is 7.37. The summed E-state index contributed by atoms with van der Waals surface area (Å²) >= 11 is 0. The minimum atomic E-state index is -3.73. The van der Waals surface area contributed by atoms with Crippen molar-refractivity contribution in [3.63, 3.8) is 0 Å². The maximum Gasteiger partial charge on any atom is 0.368 e. The zero-order valence-corrected chi connectivity index (χ0v) is 15.9. The van der Waals surface area contributed by atoms with Crippen LogP contribution < -0.4 is 9.62 Å². The van der Waals surface area contributed by atoms with Crippen molar-refractivity contribution in [3.8, 4) is 0 Å². The van der Waals surface area contributed by atoms with Gasteiger partial charge in [-0.05, 0) is 48.1 Å². The average Bonchev–Trinajstić information content (AvgIpc) is 3.12. The monoisotopic (exact) mass is 420 g/mol. The Balaban J connectivity index is 1.44. The van der Waals surface area contributed by atoms with Crippen LogP contribution in [0.25, 0.3) is 5.65 Å². The number of hydrogen-bond acceptors (Lipinski definition) is 7. The Kier molecular flexibility index (Phi) is 4.88. The standard InChI is InChI=1S/C17H17FN6O4S/c18-12-1-3-14(4-2-12)29(27,28)21-13-7-9-22(10-8-13)16-6-5-15-19-11-17(24(25)26)23(15)20-16/h1-6,11,13,21H,7-10H2. The lowest BCUT2D eigenvalue weighted by molar-refractivity contribution is -0.391. The van der Waals surface area contributed by atoms with Gasteiger partial charge in [-0.2, -0.15) is 0 Å². The molecule has 0 amide bonds. The van der Waals surface area contributed by atoms with Crippen LogP contribution in [-0.4, -0.2) is 47.1 Å². The molecule has 1 saturated heterocycles. The molecule has 0 atom stereocenters. The second-order valence-corrected chi connectivity index (χ2v) is 8.39. The highest BCUT2D eigenvalue weighted by Gasteiger charge is 2.26. The summed E-state index contributed by atoms with van der Waals surface area (Å²) in [5.41, 5.74) is 0.377. The predicted octanol–water partition coefficient (Wildman–Crippen LogP) is 1.72. The number of imidazole rings is 1. The van der Waals surface area contributed by atoms with Gasteiger partial charge in [-0.3, -0.25) is 0 Å². The van der Waals surface area contributed by atoms with Crippen LogP contribution in [0.15, 0.2) is 47.5 Å². The molecule has 0 bridgehead atoms. The van der Waals surface area contributed by atoms with E-state index in [1.807, 2.05) is 4.90 Å². The molecule has 29 heavy (non-hydrogen) atoms. The van der Waals surface area contributed by atoms with Crippen LogP contribution in [0.5, 0.6) is 0 Å². The molecule has 1 aliphatic rings. The fraction of sp³-hybridized carbons (Fsp3) is 0.294. The molecule has 0 saturated carbocycles. The molecule has 3 heterocycles. The maximum atomic E-state index is 13.0. The fourth-order valence-corrected chi connectivity index (χ4v) is 4.58. The number of benzene rings is 1. The van der Waals surface area contributed by atoms with E-state index in [1.54, 1.807) is 12.1 Å². The molecule has 1 N–H and O–H groups in total. The third-order valence-electron chi connectivity index (χ3n) is 4.78. The number of nitro groups is 1. The van der Waals surface area contributed by atoms with Gasteiger partial charge in [-0.15, -0.1) is 0 Å². The molecule has 2 aromatic heterocycles. The molecule has 3 aromatic rings. The molecule has 1 aromatic carbocycles. The predicted molar refractivity (Wildman–Crippen MR) is 102 cm³/mol. The Hall–Kier alpha value is -3.12. The topological polar surface area (TPSA) is 123 Å². The van der Waals surface area contributed by atoms with Gasteiger partial charge in [-0.25, -0.2) is 22.5 Å². The van der Waals surface area contributed by atoms with Crippen molar-refractivity contribution >= 4 is 27.3 Å². The van der Waals surface area contributed by atoms with Crippen molar-refractivity contribution < 1.29 is 17.7 Å². The van der Waals surface area contributed by atoms with E-state index >= 15 is 0 Å². The first-order chi connectivity index (χ1) is 13.8. The highest BCUT2D eigenvalue weighted by atomic mass is 32.2. The van der Waals surface area contributed by atoms with Gasteiger partial charge in [0.05, 0.1) is 4.90 Å². The molecular weight excluding hydrogens is 403 g/mol. The summed E-state index contributed by atoms with van der Waals surface area (Å²) in [6.45, 7) is 1.05. The van der Waals surface area contributed by atoms with Crippen molar-refractivity contribution in [2.75, 3.05) is 18.0 Å². The minimum absolute atomic E-state index is 0.0147. The molecule has 0 spiro atoms. The van der Waals surface area contributed by atoms with Gasteiger partial charge >= 0.3 is 5.82 Å². The Bertz CT molecular complexity index is 1160. The van der Waals surface area contributed by atoms with Crippen LogP contribution >= 0.6 is 0 Å². The van der Waals surface area contributed by atoms with E-state index in [0.29, 0.717) is 37.4 Å². The van der Waals surface area contributed by atoms with Crippen molar-refractivity contribution in [1.82, 2.24) is 19.3 Å². The quantitative estimate of drug-likeness (QED) is 0.492. The van der Waals surface area contributed by atoms with Crippen LogP contribution in [0.3, 0.4) is 0 Å². The first kappa shape index (κ1) is 19.2. The van der Waals surface area contributed by atoms with E-state index in [0.717, 1.165) is 18.3 Å². The molecule has 0 unspecified atom stereocenters. The van der Waals surface area contributed by atoms with Crippen molar-refractivity contribution in [3.05, 3.63) is 58.5 Å². The van der Waals surface area contributed by atoms with Gasteiger partial charge in [0.2, 0.25) is 15.7 Å². The summed E-state index contributed by atoms with van der Waals surface area (Å²) in [4.78, 5) is 16.4. The first-order valence-electron chi connectivity index (χ1n) is 8.85.